The molecule has 0 saturated heterocycles. The number of hydrogen-bond donors (Lipinski definition) is 0. The summed E-state index contributed by atoms with van der Waals surface area (Å²) in [6.07, 6.45) is 0. The molecule has 9 heteroatoms. The molecule has 154 valence electrons. The molecule has 0 radical (unpaired) electrons. The number of halogens is 2. The van der Waals surface area contributed by atoms with E-state index in [9.17, 15) is 13.6 Å². The summed E-state index contributed by atoms with van der Waals surface area (Å²) in [7, 11) is 0. The summed E-state index contributed by atoms with van der Waals surface area (Å²) in [4.78, 5) is 17.3. The first-order valence-corrected chi connectivity index (χ1v) is 10.3. The number of carbonyl (C=O) groups excluding carboxylic acids is 1. The van der Waals surface area contributed by atoms with Crippen molar-refractivity contribution in [3.8, 4) is 5.75 Å². The standard InChI is InChI=1S/C21H18F2N4O2S/c1-3-27-15-7-5-4-6-13(15)18-19(27)24-21(26-25-18)30-11-16(28)14-10-12(2)8-9-17(14)29-20(22)23/h4-10,20H,3,11H2,1-2H3. The molecule has 0 atom stereocenters. The van der Waals surface area contributed by atoms with Crippen LogP contribution in [0.1, 0.15) is 22.8 Å². The molecule has 0 spiro atoms. The lowest BCUT2D eigenvalue weighted by Gasteiger charge is -2.10. The molecular formula is C21H18F2N4O2S. The highest BCUT2D eigenvalue weighted by molar-refractivity contribution is 7.99. The van der Waals surface area contributed by atoms with Crippen LogP contribution in [0.15, 0.2) is 47.6 Å². The van der Waals surface area contributed by atoms with E-state index < -0.39 is 6.61 Å². The van der Waals surface area contributed by atoms with E-state index >= 15 is 0 Å². The summed E-state index contributed by atoms with van der Waals surface area (Å²) in [6, 6.07) is 12.4. The number of rotatable bonds is 7. The summed E-state index contributed by atoms with van der Waals surface area (Å²) in [5.74, 6) is -0.510. The highest BCUT2D eigenvalue weighted by Gasteiger charge is 2.18. The van der Waals surface area contributed by atoms with Crippen LogP contribution in [0.3, 0.4) is 0 Å². The van der Waals surface area contributed by atoms with Crippen LogP contribution in [0.5, 0.6) is 5.75 Å². The highest BCUT2D eigenvalue weighted by Crippen LogP contribution is 2.28. The maximum atomic E-state index is 12.7. The number of Topliss-reactive ketones (excluding diaryl/α,β-unsaturated/α-hetero) is 1. The van der Waals surface area contributed by atoms with Crippen molar-refractivity contribution in [2.24, 2.45) is 0 Å². The number of carbonyl (C=O) groups is 1. The van der Waals surface area contributed by atoms with Crippen molar-refractivity contribution in [1.29, 1.82) is 0 Å². The molecule has 0 N–H and O–H groups in total. The number of alkyl halides is 2. The quantitative estimate of drug-likeness (QED) is 0.309. The van der Waals surface area contributed by atoms with Crippen LogP contribution in [0.4, 0.5) is 8.78 Å². The van der Waals surface area contributed by atoms with E-state index in [-0.39, 0.29) is 22.8 Å². The summed E-state index contributed by atoms with van der Waals surface area (Å²) in [5.41, 5.74) is 3.30. The van der Waals surface area contributed by atoms with Crippen molar-refractivity contribution in [2.75, 3.05) is 5.75 Å². The Hall–Kier alpha value is -3.07. The average Bonchev–Trinajstić information content (AvgIpc) is 3.05. The van der Waals surface area contributed by atoms with Crippen molar-refractivity contribution in [3.63, 3.8) is 0 Å². The molecule has 0 unspecified atom stereocenters. The fourth-order valence-corrected chi connectivity index (χ4v) is 4.00. The van der Waals surface area contributed by atoms with E-state index in [1.54, 1.807) is 13.0 Å². The molecule has 0 saturated carbocycles. The number of fused-ring (bicyclic) bond motifs is 3. The van der Waals surface area contributed by atoms with E-state index in [0.29, 0.717) is 22.9 Å². The number of thioether (sulfide) groups is 1. The van der Waals surface area contributed by atoms with E-state index in [0.717, 1.165) is 28.2 Å². The molecule has 4 rings (SSSR count). The summed E-state index contributed by atoms with van der Waals surface area (Å²) in [6.45, 7) is 1.51. The van der Waals surface area contributed by atoms with Gasteiger partial charge in [-0.15, -0.1) is 10.2 Å². The fourth-order valence-electron chi connectivity index (χ4n) is 3.34. The molecule has 0 aliphatic rings. The zero-order chi connectivity index (χ0) is 21.3. The minimum Gasteiger partial charge on any atom is -0.434 e. The van der Waals surface area contributed by atoms with Gasteiger partial charge in [-0.1, -0.05) is 41.6 Å². The molecule has 0 amide bonds. The largest absolute Gasteiger partial charge is 0.434 e. The first-order valence-electron chi connectivity index (χ1n) is 9.31. The molecule has 0 bridgehead atoms. The number of nitrogens with zero attached hydrogens (tertiary/aromatic N) is 4. The van der Waals surface area contributed by atoms with Gasteiger partial charge in [0.15, 0.2) is 11.4 Å². The Kier molecular flexibility index (Phi) is 5.63. The van der Waals surface area contributed by atoms with Gasteiger partial charge in [0.25, 0.3) is 0 Å². The lowest BCUT2D eigenvalue weighted by molar-refractivity contribution is -0.0501. The zero-order valence-corrected chi connectivity index (χ0v) is 17.1. The maximum Gasteiger partial charge on any atom is 0.387 e. The Balaban J connectivity index is 1.61. The number of para-hydroxylation sites is 1. The number of hydrogen-bond acceptors (Lipinski definition) is 6. The van der Waals surface area contributed by atoms with Gasteiger partial charge in [-0.05, 0) is 32.0 Å². The number of ketones is 1. The Morgan fingerprint density at radius 3 is 2.77 bits per heavy atom. The van der Waals surface area contributed by atoms with Crippen molar-refractivity contribution in [1.82, 2.24) is 19.7 Å². The van der Waals surface area contributed by atoms with Gasteiger partial charge < -0.3 is 9.30 Å². The van der Waals surface area contributed by atoms with Gasteiger partial charge >= 0.3 is 6.61 Å². The molecule has 2 heterocycles. The van der Waals surface area contributed by atoms with E-state index in [4.69, 9.17) is 0 Å². The van der Waals surface area contributed by atoms with Crippen LogP contribution in [0.2, 0.25) is 0 Å². The molecule has 6 nitrogen and oxygen atoms in total. The second kappa shape index (κ2) is 8.35. The van der Waals surface area contributed by atoms with Gasteiger partial charge in [0, 0.05) is 11.9 Å². The lowest BCUT2D eigenvalue weighted by atomic mass is 10.1. The zero-order valence-electron chi connectivity index (χ0n) is 16.3. The van der Waals surface area contributed by atoms with Crippen LogP contribution in [0.25, 0.3) is 22.1 Å². The minimum atomic E-state index is -3.00. The highest BCUT2D eigenvalue weighted by atomic mass is 32.2. The monoisotopic (exact) mass is 428 g/mol. The van der Waals surface area contributed by atoms with Gasteiger partial charge in [0.2, 0.25) is 5.16 Å². The molecule has 2 aromatic heterocycles. The predicted octanol–water partition coefficient (Wildman–Crippen LogP) is 4.88. The Bertz CT molecular complexity index is 1240. The Morgan fingerprint density at radius 2 is 2.00 bits per heavy atom. The molecule has 30 heavy (non-hydrogen) atoms. The second-order valence-corrected chi connectivity index (χ2v) is 7.56. The third-order valence-corrected chi connectivity index (χ3v) is 5.49. The number of aryl methyl sites for hydroxylation is 2. The summed E-state index contributed by atoms with van der Waals surface area (Å²) >= 11 is 1.11. The van der Waals surface area contributed by atoms with Gasteiger partial charge in [-0.25, -0.2) is 4.98 Å². The van der Waals surface area contributed by atoms with E-state index in [1.165, 1.54) is 12.1 Å². The van der Waals surface area contributed by atoms with Crippen LogP contribution in [0, 0.1) is 6.92 Å². The SMILES string of the molecule is CCn1c2ccccc2c2nnc(SCC(=O)c3cc(C)ccc3OC(F)F)nc21. The minimum absolute atomic E-state index is 0.0252. The molecular weight excluding hydrogens is 410 g/mol. The third-order valence-electron chi connectivity index (χ3n) is 4.65. The first kappa shape index (κ1) is 20.2. The van der Waals surface area contributed by atoms with Gasteiger partial charge in [-0.2, -0.15) is 8.78 Å². The second-order valence-electron chi connectivity index (χ2n) is 6.62. The third kappa shape index (κ3) is 3.85. The molecule has 2 aromatic carbocycles. The Morgan fingerprint density at radius 1 is 1.20 bits per heavy atom. The van der Waals surface area contributed by atoms with Crippen LogP contribution in [-0.4, -0.2) is 37.9 Å². The van der Waals surface area contributed by atoms with Gasteiger partial charge in [0.05, 0.1) is 16.8 Å². The maximum absolute atomic E-state index is 12.7. The average molecular weight is 428 g/mol. The lowest BCUT2D eigenvalue weighted by Crippen LogP contribution is -2.10. The first-order chi connectivity index (χ1) is 14.5. The van der Waals surface area contributed by atoms with E-state index in [1.807, 2.05) is 35.8 Å². The number of ether oxygens (including phenoxy) is 1. The topological polar surface area (TPSA) is 69.9 Å². The van der Waals surface area contributed by atoms with Crippen molar-refractivity contribution in [3.05, 3.63) is 53.6 Å². The smallest absolute Gasteiger partial charge is 0.387 e. The normalized spacial score (nSPS) is 11.5. The molecule has 0 aliphatic heterocycles. The van der Waals surface area contributed by atoms with Crippen LogP contribution < -0.4 is 4.74 Å². The Labute approximate surface area is 175 Å². The molecule has 0 aliphatic carbocycles. The predicted molar refractivity (Wildman–Crippen MR) is 111 cm³/mol. The van der Waals surface area contributed by atoms with Gasteiger partial charge in [-0.3, -0.25) is 4.79 Å². The van der Waals surface area contributed by atoms with Crippen molar-refractivity contribution >= 4 is 39.6 Å². The molecule has 4 aromatic rings. The molecule has 0 fully saturated rings. The number of benzene rings is 2. The summed E-state index contributed by atoms with van der Waals surface area (Å²) < 4.78 is 31.8. The van der Waals surface area contributed by atoms with Crippen molar-refractivity contribution in [2.45, 2.75) is 32.2 Å². The number of aromatic nitrogens is 4. The van der Waals surface area contributed by atoms with Crippen molar-refractivity contribution < 1.29 is 18.3 Å². The van der Waals surface area contributed by atoms with Gasteiger partial charge in [0.1, 0.15) is 11.3 Å². The fraction of sp³-hybridized carbons (Fsp3) is 0.238. The van der Waals surface area contributed by atoms with Crippen LogP contribution >= 0.6 is 11.8 Å². The van der Waals surface area contributed by atoms with E-state index in [2.05, 4.69) is 19.9 Å². The van der Waals surface area contributed by atoms with Crippen LogP contribution in [-0.2, 0) is 6.54 Å². The summed E-state index contributed by atoms with van der Waals surface area (Å²) in [5, 5.41) is 9.77.